The van der Waals surface area contributed by atoms with Crippen molar-refractivity contribution < 1.29 is 15.0 Å². The maximum absolute atomic E-state index is 12.7. The van der Waals surface area contributed by atoms with Gasteiger partial charge in [0.1, 0.15) is 6.07 Å². The summed E-state index contributed by atoms with van der Waals surface area (Å²) in [6, 6.07) is 12.5. The highest BCUT2D eigenvalue weighted by Crippen LogP contribution is 2.50. The summed E-state index contributed by atoms with van der Waals surface area (Å²) >= 11 is 0. The Labute approximate surface area is 230 Å². The van der Waals surface area contributed by atoms with Gasteiger partial charge < -0.3 is 15.5 Å². The number of anilines is 1. The smallest absolute Gasteiger partial charge is 0.232 e. The first-order valence-corrected chi connectivity index (χ1v) is 13.8. The topological polar surface area (TPSA) is 129 Å². The highest BCUT2D eigenvalue weighted by Gasteiger charge is 2.56. The molecule has 1 unspecified atom stereocenters. The van der Waals surface area contributed by atoms with Gasteiger partial charge in [0.2, 0.25) is 11.7 Å². The van der Waals surface area contributed by atoms with Crippen LogP contribution in [0.15, 0.2) is 42.7 Å². The third-order valence-corrected chi connectivity index (χ3v) is 9.30. The van der Waals surface area contributed by atoms with Gasteiger partial charge in [-0.05, 0) is 64.6 Å². The first-order valence-electron chi connectivity index (χ1n) is 13.8. The number of carbonyl (C=O) groups is 1. The van der Waals surface area contributed by atoms with Crippen LogP contribution < -0.4 is 5.32 Å². The molecule has 2 heterocycles. The number of nitrogens with zero attached hydrogens (tertiary/aromatic N) is 6. The number of rotatable bonds is 8. The lowest BCUT2D eigenvalue weighted by molar-refractivity contribution is -0.144. The van der Waals surface area contributed by atoms with Crippen molar-refractivity contribution in [3.63, 3.8) is 0 Å². The fourth-order valence-electron chi connectivity index (χ4n) is 6.73. The maximum Gasteiger partial charge on any atom is 0.232 e. The second-order valence-corrected chi connectivity index (χ2v) is 11.7. The summed E-state index contributed by atoms with van der Waals surface area (Å²) in [5.74, 6) is -0.162. The quantitative estimate of drug-likeness (QED) is 0.468. The fraction of sp³-hybridized carbons (Fsp3) is 0.586. The molecule has 10 heteroatoms. The molecule has 3 aliphatic rings. The van der Waals surface area contributed by atoms with E-state index in [2.05, 4.69) is 63.4 Å². The Hall–Kier alpha value is -2.94. The van der Waals surface area contributed by atoms with E-state index < -0.39 is 12.0 Å². The molecule has 2 aliphatic carbocycles. The summed E-state index contributed by atoms with van der Waals surface area (Å²) < 4.78 is 0. The number of hydrogen-bond acceptors (Lipinski definition) is 9. The van der Waals surface area contributed by atoms with Crippen LogP contribution in [-0.2, 0) is 10.3 Å². The van der Waals surface area contributed by atoms with E-state index in [0.717, 1.165) is 44.9 Å². The number of aromatic nitrogens is 2. The van der Waals surface area contributed by atoms with Crippen LogP contribution in [0.5, 0.6) is 0 Å². The van der Waals surface area contributed by atoms with Gasteiger partial charge in [-0.1, -0.05) is 30.3 Å². The Bertz CT molecular complexity index is 1190. The molecule has 2 aromatic rings. The van der Waals surface area contributed by atoms with Gasteiger partial charge in [0.15, 0.2) is 6.35 Å². The second kappa shape index (κ2) is 10.9. The molecular formula is C29H39N7O3. The first-order chi connectivity index (χ1) is 18.7. The van der Waals surface area contributed by atoms with E-state index in [0.29, 0.717) is 25.3 Å². The predicted molar refractivity (Wildman–Crippen MR) is 146 cm³/mol. The number of benzene rings is 1. The molecule has 2 saturated carbocycles. The maximum atomic E-state index is 12.7. The zero-order valence-electron chi connectivity index (χ0n) is 22.9. The third-order valence-electron chi connectivity index (χ3n) is 9.30. The normalized spacial score (nSPS) is 28.8. The molecule has 1 atom stereocenters. The number of amides is 1. The molecule has 3 N–H and O–H groups in total. The number of carbonyl (C=O) groups excluding carboxylic acids is 1. The highest BCUT2D eigenvalue weighted by molar-refractivity contribution is 5.90. The number of nitriles is 1. The van der Waals surface area contributed by atoms with Crippen LogP contribution in [0.3, 0.4) is 0 Å². The molecule has 0 radical (unpaired) electrons. The number of β-amino-alcohol motifs (C(OH)–C–C–N with tert-alkyl or cyclic N) is 1. The summed E-state index contributed by atoms with van der Waals surface area (Å²) in [5, 5.41) is 34.2. The molecular weight excluding hydrogens is 494 g/mol. The summed E-state index contributed by atoms with van der Waals surface area (Å²) in [5.41, 5.74) is 0.642. The minimum Gasteiger partial charge on any atom is -0.389 e. The van der Waals surface area contributed by atoms with E-state index in [9.17, 15) is 15.0 Å². The molecule has 208 valence electrons. The predicted octanol–water partition coefficient (Wildman–Crippen LogP) is 2.26. The van der Waals surface area contributed by atoms with Gasteiger partial charge in [0.25, 0.3) is 0 Å². The summed E-state index contributed by atoms with van der Waals surface area (Å²) in [7, 11) is 4.29. The van der Waals surface area contributed by atoms with Gasteiger partial charge in [-0.15, -0.1) is 0 Å². The van der Waals surface area contributed by atoms with Crippen LogP contribution in [0.4, 0.5) is 5.69 Å². The first kappa shape index (κ1) is 27.6. The lowest BCUT2D eigenvalue weighted by atomic mass is 9.67. The summed E-state index contributed by atoms with van der Waals surface area (Å²) in [6.07, 6.45) is 8.34. The zero-order valence-corrected chi connectivity index (χ0v) is 22.9. The fourth-order valence-corrected chi connectivity index (χ4v) is 6.73. The molecule has 1 aliphatic heterocycles. The number of aliphatic hydroxyl groups excluding tert-OH is 1. The summed E-state index contributed by atoms with van der Waals surface area (Å²) in [4.78, 5) is 26.9. The Morgan fingerprint density at radius 1 is 1.13 bits per heavy atom. The lowest BCUT2D eigenvalue weighted by Gasteiger charge is -2.53. The van der Waals surface area contributed by atoms with Gasteiger partial charge in [-0.3, -0.25) is 19.5 Å². The molecule has 1 amide bonds. The van der Waals surface area contributed by atoms with Crippen LogP contribution in [0, 0.1) is 11.3 Å². The average molecular weight is 534 g/mol. The summed E-state index contributed by atoms with van der Waals surface area (Å²) in [6.45, 7) is 1.48. The van der Waals surface area contributed by atoms with E-state index in [1.807, 2.05) is 17.0 Å². The zero-order chi connectivity index (χ0) is 27.7. The van der Waals surface area contributed by atoms with E-state index in [4.69, 9.17) is 5.26 Å². The molecule has 1 aromatic heterocycles. The van der Waals surface area contributed by atoms with Gasteiger partial charge in [0.05, 0.1) is 23.7 Å². The molecule has 39 heavy (non-hydrogen) atoms. The van der Waals surface area contributed by atoms with Crippen molar-refractivity contribution in [2.45, 2.75) is 74.4 Å². The Kier molecular flexibility index (Phi) is 7.73. The number of hydrogen-bond donors (Lipinski definition) is 3. The SMILES string of the molecule is CN(C)[C@]1(c2ccccc2)CC[C@]2(CC1)CN(CCC(=O)Nc1cnc(C#N)nc1)C(O)N2CC1(O)CCC1. The van der Waals surface area contributed by atoms with E-state index in [1.165, 1.54) is 18.0 Å². The van der Waals surface area contributed by atoms with Crippen molar-refractivity contribution in [2.75, 3.05) is 39.0 Å². The Morgan fingerprint density at radius 3 is 2.36 bits per heavy atom. The van der Waals surface area contributed by atoms with E-state index >= 15 is 0 Å². The third kappa shape index (κ3) is 5.42. The van der Waals surface area contributed by atoms with Gasteiger partial charge >= 0.3 is 0 Å². The molecule has 1 aromatic carbocycles. The van der Waals surface area contributed by atoms with Gasteiger partial charge in [-0.25, -0.2) is 9.97 Å². The van der Waals surface area contributed by atoms with Crippen molar-refractivity contribution in [3.05, 3.63) is 54.1 Å². The molecule has 5 rings (SSSR count). The highest BCUT2D eigenvalue weighted by atomic mass is 16.3. The molecule has 1 saturated heterocycles. The minimum atomic E-state index is -0.857. The largest absolute Gasteiger partial charge is 0.389 e. The van der Waals surface area contributed by atoms with Crippen LogP contribution in [0.25, 0.3) is 0 Å². The van der Waals surface area contributed by atoms with E-state index in [1.54, 1.807) is 0 Å². The number of nitrogens with one attached hydrogen (secondary N) is 1. The minimum absolute atomic E-state index is 0.0460. The van der Waals surface area contributed by atoms with Crippen molar-refractivity contribution in [3.8, 4) is 6.07 Å². The van der Waals surface area contributed by atoms with Crippen molar-refractivity contribution >= 4 is 11.6 Å². The van der Waals surface area contributed by atoms with Crippen molar-refractivity contribution in [1.82, 2.24) is 24.7 Å². The molecule has 1 spiro atoms. The Balaban J connectivity index is 1.30. The van der Waals surface area contributed by atoms with Crippen molar-refractivity contribution in [2.24, 2.45) is 0 Å². The monoisotopic (exact) mass is 533 g/mol. The van der Waals surface area contributed by atoms with E-state index in [-0.39, 0.29) is 29.2 Å². The Morgan fingerprint density at radius 2 is 1.79 bits per heavy atom. The molecule has 10 nitrogen and oxygen atoms in total. The average Bonchev–Trinajstić information content (AvgIpc) is 3.18. The lowest BCUT2D eigenvalue weighted by Crippen LogP contribution is -2.60. The second-order valence-electron chi connectivity index (χ2n) is 11.7. The molecule has 0 bridgehead atoms. The van der Waals surface area contributed by atoms with Crippen LogP contribution in [0.2, 0.25) is 0 Å². The standard InChI is InChI=1S/C29H39N7O3/c1-34(2)29(22-7-4-3-5-8-22)14-12-27(13-15-29)20-35(26(38)36(27)21-28(39)10-6-11-28)16-9-25(37)33-23-18-31-24(17-30)32-19-23/h3-5,7-8,18-19,26,38-39H,6,9-16,20-21H2,1-2H3,(H,33,37)/t26?,27-,29+. The van der Waals surface area contributed by atoms with Crippen LogP contribution in [-0.4, -0.2) is 92.0 Å². The van der Waals surface area contributed by atoms with Gasteiger partial charge in [0, 0.05) is 37.1 Å². The van der Waals surface area contributed by atoms with Gasteiger partial charge in [-0.2, -0.15) is 5.26 Å². The number of aliphatic hydroxyl groups is 2. The van der Waals surface area contributed by atoms with Crippen molar-refractivity contribution in [1.29, 1.82) is 5.26 Å². The molecule has 3 fully saturated rings. The van der Waals surface area contributed by atoms with Crippen LogP contribution >= 0.6 is 0 Å². The van der Waals surface area contributed by atoms with Crippen LogP contribution in [0.1, 0.15) is 62.8 Å².